The van der Waals surface area contributed by atoms with Gasteiger partial charge in [0.15, 0.2) is 0 Å². The molecule has 0 atom stereocenters. The number of H-pyrrole nitrogens is 1. The number of benzene rings is 1. The van der Waals surface area contributed by atoms with Crippen LogP contribution in [0.4, 0.5) is 5.69 Å². The van der Waals surface area contributed by atoms with Crippen molar-refractivity contribution in [3.63, 3.8) is 0 Å². The molecule has 0 fully saturated rings. The number of aromatic amines is 1. The molecule has 0 aliphatic carbocycles. The zero-order valence-corrected chi connectivity index (χ0v) is 12.2. The standard InChI is InChI=1S/C12H13N9O2/c1-8-14-19-20-21(8)7-6-11(22)13-9-2-4-10(5-3-9)23-12-15-17-18-16-12/h2-5H,6-7H2,1H3,(H,13,22)(H,15,16,17,18). The largest absolute Gasteiger partial charge is 0.422 e. The lowest BCUT2D eigenvalue weighted by atomic mass is 10.3. The van der Waals surface area contributed by atoms with E-state index in [4.69, 9.17) is 4.74 Å². The van der Waals surface area contributed by atoms with Gasteiger partial charge in [0.2, 0.25) is 5.91 Å². The van der Waals surface area contributed by atoms with Crippen LogP contribution >= 0.6 is 0 Å². The molecular weight excluding hydrogens is 302 g/mol. The summed E-state index contributed by atoms with van der Waals surface area (Å²) in [5.74, 6) is 1.07. The first-order valence-corrected chi connectivity index (χ1v) is 6.75. The van der Waals surface area contributed by atoms with E-state index in [-0.39, 0.29) is 18.3 Å². The van der Waals surface area contributed by atoms with Crippen molar-refractivity contribution in [2.45, 2.75) is 19.9 Å². The number of aryl methyl sites for hydroxylation is 2. The monoisotopic (exact) mass is 315 g/mol. The Balaban J connectivity index is 1.51. The number of carbonyl (C=O) groups is 1. The zero-order chi connectivity index (χ0) is 16.1. The Morgan fingerprint density at radius 1 is 1.30 bits per heavy atom. The third kappa shape index (κ3) is 3.84. The quantitative estimate of drug-likeness (QED) is 0.663. The second-order valence-corrected chi connectivity index (χ2v) is 4.57. The topological polar surface area (TPSA) is 136 Å². The molecule has 0 aliphatic rings. The molecule has 11 nitrogen and oxygen atoms in total. The van der Waals surface area contributed by atoms with Crippen LogP contribution in [0.25, 0.3) is 0 Å². The summed E-state index contributed by atoms with van der Waals surface area (Å²) in [6.07, 6.45) is 0.271. The number of hydrogen-bond donors (Lipinski definition) is 2. The highest BCUT2D eigenvalue weighted by Gasteiger charge is 2.07. The lowest BCUT2D eigenvalue weighted by molar-refractivity contribution is -0.116. The molecule has 0 aliphatic heterocycles. The predicted molar refractivity (Wildman–Crippen MR) is 76.5 cm³/mol. The fraction of sp³-hybridized carbons (Fsp3) is 0.250. The minimum absolute atomic E-state index is 0.124. The highest BCUT2D eigenvalue weighted by atomic mass is 16.5. The summed E-state index contributed by atoms with van der Waals surface area (Å²) in [6, 6.07) is 6.94. The van der Waals surface area contributed by atoms with E-state index in [9.17, 15) is 4.79 Å². The Morgan fingerprint density at radius 3 is 2.78 bits per heavy atom. The van der Waals surface area contributed by atoms with Gasteiger partial charge in [-0.25, -0.2) is 4.68 Å². The third-order valence-electron chi connectivity index (χ3n) is 2.93. The number of tetrazole rings is 2. The molecular formula is C12H13N9O2. The molecule has 3 rings (SSSR count). The number of aromatic nitrogens is 8. The summed E-state index contributed by atoms with van der Waals surface area (Å²) in [5.41, 5.74) is 0.656. The summed E-state index contributed by atoms with van der Waals surface area (Å²) < 4.78 is 6.90. The van der Waals surface area contributed by atoms with E-state index in [0.717, 1.165) is 0 Å². The average Bonchev–Trinajstić information content (AvgIpc) is 3.19. The minimum atomic E-state index is -0.133. The summed E-state index contributed by atoms with van der Waals surface area (Å²) in [4.78, 5) is 11.9. The Bertz CT molecular complexity index is 766. The highest BCUT2D eigenvalue weighted by molar-refractivity contribution is 5.90. The molecule has 0 radical (unpaired) electrons. The first-order valence-electron chi connectivity index (χ1n) is 6.75. The van der Waals surface area contributed by atoms with Gasteiger partial charge in [0.1, 0.15) is 11.6 Å². The van der Waals surface area contributed by atoms with Crippen molar-refractivity contribution >= 4 is 11.6 Å². The van der Waals surface area contributed by atoms with Gasteiger partial charge in [0.05, 0.1) is 6.54 Å². The molecule has 0 saturated heterocycles. The van der Waals surface area contributed by atoms with Crippen molar-refractivity contribution in [1.82, 2.24) is 40.8 Å². The maximum atomic E-state index is 11.9. The lowest BCUT2D eigenvalue weighted by Crippen LogP contribution is -2.15. The van der Waals surface area contributed by atoms with Crippen molar-refractivity contribution < 1.29 is 9.53 Å². The van der Waals surface area contributed by atoms with Crippen LogP contribution in [0.1, 0.15) is 12.2 Å². The van der Waals surface area contributed by atoms with Crippen molar-refractivity contribution in [1.29, 1.82) is 0 Å². The first kappa shape index (κ1) is 14.6. The van der Waals surface area contributed by atoms with E-state index in [0.29, 0.717) is 23.8 Å². The Morgan fingerprint density at radius 2 is 2.13 bits per heavy atom. The fourth-order valence-corrected chi connectivity index (χ4v) is 1.79. The van der Waals surface area contributed by atoms with Crippen LogP contribution in [0.3, 0.4) is 0 Å². The number of anilines is 1. The van der Waals surface area contributed by atoms with Gasteiger partial charge in [0.25, 0.3) is 0 Å². The predicted octanol–water partition coefficient (Wildman–Crippen LogP) is 0.316. The van der Waals surface area contributed by atoms with Crippen LogP contribution in [0.2, 0.25) is 0 Å². The first-order chi connectivity index (χ1) is 11.2. The Labute approximate surface area is 130 Å². The molecule has 1 amide bonds. The lowest BCUT2D eigenvalue weighted by Gasteiger charge is -2.06. The zero-order valence-electron chi connectivity index (χ0n) is 12.2. The van der Waals surface area contributed by atoms with E-state index in [1.807, 2.05) is 0 Å². The van der Waals surface area contributed by atoms with Crippen molar-refractivity contribution in [3.05, 3.63) is 30.1 Å². The summed E-state index contributed by atoms with van der Waals surface area (Å²) in [6.45, 7) is 2.20. The molecule has 0 saturated carbocycles. The third-order valence-corrected chi connectivity index (χ3v) is 2.93. The molecule has 11 heteroatoms. The van der Waals surface area contributed by atoms with Gasteiger partial charge in [-0.05, 0) is 46.8 Å². The molecule has 0 spiro atoms. The molecule has 0 bridgehead atoms. The van der Waals surface area contributed by atoms with Gasteiger partial charge >= 0.3 is 6.01 Å². The molecule has 2 N–H and O–H groups in total. The summed E-state index contributed by atoms with van der Waals surface area (Å²) in [5, 5.41) is 26.9. The summed E-state index contributed by atoms with van der Waals surface area (Å²) >= 11 is 0. The van der Waals surface area contributed by atoms with Gasteiger partial charge in [-0.3, -0.25) is 4.79 Å². The summed E-state index contributed by atoms with van der Waals surface area (Å²) in [7, 11) is 0. The van der Waals surface area contributed by atoms with Crippen LogP contribution in [-0.4, -0.2) is 46.7 Å². The maximum Gasteiger partial charge on any atom is 0.361 e. The van der Waals surface area contributed by atoms with Gasteiger partial charge in [0, 0.05) is 12.1 Å². The van der Waals surface area contributed by atoms with Gasteiger partial charge < -0.3 is 10.1 Å². The van der Waals surface area contributed by atoms with Crippen LogP contribution < -0.4 is 10.1 Å². The molecule has 2 aromatic heterocycles. The fourth-order valence-electron chi connectivity index (χ4n) is 1.79. The number of nitrogens with zero attached hydrogens (tertiary/aromatic N) is 7. The Hall–Kier alpha value is -3.37. The number of nitrogens with one attached hydrogen (secondary N) is 2. The van der Waals surface area contributed by atoms with Crippen molar-refractivity contribution in [2.24, 2.45) is 0 Å². The maximum absolute atomic E-state index is 11.9. The van der Waals surface area contributed by atoms with Crippen LogP contribution in [0, 0.1) is 6.92 Å². The molecule has 0 unspecified atom stereocenters. The number of ether oxygens (including phenoxy) is 1. The molecule has 2 heterocycles. The van der Waals surface area contributed by atoms with Gasteiger partial charge in [-0.15, -0.1) is 5.10 Å². The van der Waals surface area contributed by atoms with Gasteiger partial charge in [-0.1, -0.05) is 10.2 Å². The number of hydrogen-bond acceptors (Lipinski definition) is 8. The second kappa shape index (κ2) is 6.60. The van der Waals surface area contributed by atoms with E-state index in [1.54, 1.807) is 35.9 Å². The molecule has 1 aromatic carbocycles. The highest BCUT2D eigenvalue weighted by Crippen LogP contribution is 2.19. The second-order valence-electron chi connectivity index (χ2n) is 4.57. The van der Waals surface area contributed by atoms with E-state index in [1.165, 1.54) is 0 Å². The van der Waals surface area contributed by atoms with Crippen LogP contribution in [0.15, 0.2) is 24.3 Å². The van der Waals surface area contributed by atoms with Gasteiger partial charge in [-0.2, -0.15) is 5.21 Å². The minimum Gasteiger partial charge on any atom is -0.422 e. The van der Waals surface area contributed by atoms with E-state index in [2.05, 4.69) is 41.5 Å². The SMILES string of the molecule is Cc1nnnn1CCC(=O)Nc1ccc(Oc2nn[nH]n2)cc1. The van der Waals surface area contributed by atoms with Crippen LogP contribution in [0.5, 0.6) is 11.8 Å². The molecule has 3 aromatic rings. The molecule has 23 heavy (non-hydrogen) atoms. The number of amides is 1. The smallest absolute Gasteiger partial charge is 0.361 e. The number of carbonyl (C=O) groups excluding carboxylic acids is 1. The normalized spacial score (nSPS) is 10.5. The van der Waals surface area contributed by atoms with Crippen molar-refractivity contribution in [2.75, 3.05) is 5.32 Å². The average molecular weight is 315 g/mol. The number of rotatable bonds is 6. The van der Waals surface area contributed by atoms with E-state index >= 15 is 0 Å². The van der Waals surface area contributed by atoms with Crippen LogP contribution in [-0.2, 0) is 11.3 Å². The van der Waals surface area contributed by atoms with Crippen molar-refractivity contribution in [3.8, 4) is 11.8 Å². The Kier molecular flexibility index (Phi) is 4.18. The van der Waals surface area contributed by atoms with E-state index < -0.39 is 0 Å². The molecule has 118 valence electrons.